The molecule has 0 spiro atoms. The first-order chi connectivity index (χ1) is 12.7. The fraction of sp³-hybridized carbons (Fsp3) is 0.158. The lowest BCUT2D eigenvalue weighted by Gasteiger charge is -2.11. The maximum absolute atomic E-state index is 12.5. The van der Waals surface area contributed by atoms with Crippen LogP contribution in [0.3, 0.4) is 0 Å². The second kappa shape index (κ2) is 8.57. The number of carbonyl (C=O) groups is 2. The fourth-order valence-electron chi connectivity index (χ4n) is 2.44. The molecule has 132 valence electrons. The third-order valence-corrected chi connectivity index (χ3v) is 3.78. The molecule has 3 rings (SSSR count). The molecule has 1 aromatic heterocycles. The molecule has 7 nitrogen and oxygen atoms in total. The van der Waals surface area contributed by atoms with Crippen molar-refractivity contribution in [2.75, 3.05) is 5.32 Å². The number of rotatable bonds is 7. The van der Waals surface area contributed by atoms with E-state index in [1.807, 2.05) is 30.3 Å². The van der Waals surface area contributed by atoms with Crippen molar-refractivity contribution < 1.29 is 9.59 Å². The molecular weight excluding hydrogens is 330 g/mol. The van der Waals surface area contributed by atoms with Crippen LogP contribution >= 0.6 is 0 Å². The maximum atomic E-state index is 12.5. The molecule has 2 N–H and O–H groups in total. The molecular formula is C19H19N5O2. The summed E-state index contributed by atoms with van der Waals surface area (Å²) in [5.41, 5.74) is 1.93. The Kier molecular flexibility index (Phi) is 5.72. The van der Waals surface area contributed by atoms with Crippen LogP contribution < -0.4 is 10.6 Å². The Balaban J connectivity index is 1.59. The first-order valence-corrected chi connectivity index (χ1v) is 8.26. The third kappa shape index (κ3) is 4.76. The molecule has 0 saturated heterocycles. The van der Waals surface area contributed by atoms with Gasteiger partial charge in [0.2, 0.25) is 5.91 Å². The van der Waals surface area contributed by atoms with Gasteiger partial charge in [-0.2, -0.15) is 5.10 Å². The predicted octanol–water partition coefficient (Wildman–Crippen LogP) is 2.24. The van der Waals surface area contributed by atoms with Crippen LogP contribution in [-0.4, -0.2) is 26.6 Å². The van der Waals surface area contributed by atoms with Gasteiger partial charge in [0.05, 0.1) is 17.8 Å². The number of para-hydroxylation sites is 1. The maximum Gasteiger partial charge on any atom is 0.253 e. The fourth-order valence-corrected chi connectivity index (χ4v) is 2.44. The van der Waals surface area contributed by atoms with Gasteiger partial charge in [-0.25, -0.2) is 4.98 Å². The molecule has 26 heavy (non-hydrogen) atoms. The van der Waals surface area contributed by atoms with Crippen molar-refractivity contribution in [2.45, 2.75) is 19.5 Å². The van der Waals surface area contributed by atoms with E-state index >= 15 is 0 Å². The lowest BCUT2D eigenvalue weighted by atomic mass is 10.1. The Morgan fingerprint density at radius 1 is 1.00 bits per heavy atom. The van der Waals surface area contributed by atoms with Gasteiger partial charge in [-0.15, -0.1) is 0 Å². The van der Waals surface area contributed by atoms with Crippen LogP contribution in [0.5, 0.6) is 0 Å². The third-order valence-electron chi connectivity index (χ3n) is 3.78. The lowest BCUT2D eigenvalue weighted by Crippen LogP contribution is -2.25. The quantitative estimate of drug-likeness (QED) is 0.685. The number of nitrogens with one attached hydrogen (secondary N) is 2. The molecule has 0 bridgehead atoms. The number of amides is 2. The standard InChI is InChI=1S/C19H19N5O2/c25-18(10-11-24-14-20-13-22-24)23-17-9-5-4-8-16(17)19(26)21-12-15-6-2-1-3-7-15/h1-9,13-14H,10-12H2,(H,21,26)(H,23,25). The zero-order valence-electron chi connectivity index (χ0n) is 14.1. The van der Waals surface area contributed by atoms with Crippen LogP contribution in [0.4, 0.5) is 5.69 Å². The minimum atomic E-state index is -0.235. The summed E-state index contributed by atoms with van der Waals surface area (Å²) in [5.74, 6) is -0.426. The van der Waals surface area contributed by atoms with E-state index in [9.17, 15) is 9.59 Å². The van der Waals surface area contributed by atoms with Crippen molar-refractivity contribution >= 4 is 17.5 Å². The summed E-state index contributed by atoms with van der Waals surface area (Å²) >= 11 is 0. The first kappa shape index (κ1) is 17.3. The monoisotopic (exact) mass is 349 g/mol. The summed E-state index contributed by atoms with van der Waals surface area (Å²) in [4.78, 5) is 28.5. The number of aromatic nitrogens is 3. The minimum Gasteiger partial charge on any atom is -0.348 e. The number of anilines is 1. The molecule has 0 atom stereocenters. The van der Waals surface area contributed by atoms with E-state index in [1.165, 1.54) is 6.33 Å². The number of carbonyl (C=O) groups excluding carboxylic acids is 2. The highest BCUT2D eigenvalue weighted by Crippen LogP contribution is 2.15. The molecule has 0 radical (unpaired) electrons. The normalized spacial score (nSPS) is 10.3. The van der Waals surface area contributed by atoms with Crippen molar-refractivity contribution in [2.24, 2.45) is 0 Å². The molecule has 0 unspecified atom stereocenters. The summed E-state index contributed by atoms with van der Waals surface area (Å²) in [5, 5.41) is 9.62. The summed E-state index contributed by atoms with van der Waals surface area (Å²) in [6, 6.07) is 16.6. The van der Waals surface area contributed by atoms with Crippen LogP contribution in [0, 0.1) is 0 Å². The first-order valence-electron chi connectivity index (χ1n) is 8.26. The van der Waals surface area contributed by atoms with Gasteiger partial charge in [-0.1, -0.05) is 42.5 Å². The van der Waals surface area contributed by atoms with Gasteiger partial charge in [0.1, 0.15) is 12.7 Å². The number of benzene rings is 2. The molecule has 2 amide bonds. The summed E-state index contributed by atoms with van der Waals surface area (Å²) in [6.45, 7) is 0.850. The Labute approximate surface area is 151 Å². The number of hydrogen-bond acceptors (Lipinski definition) is 4. The van der Waals surface area contributed by atoms with Gasteiger partial charge in [0.25, 0.3) is 5.91 Å². The second-order valence-electron chi connectivity index (χ2n) is 5.67. The lowest BCUT2D eigenvalue weighted by molar-refractivity contribution is -0.116. The van der Waals surface area contributed by atoms with E-state index in [2.05, 4.69) is 20.7 Å². The average molecular weight is 349 g/mol. The summed E-state index contributed by atoms with van der Waals surface area (Å²) < 4.78 is 1.58. The molecule has 1 heterocycles. The number of hydrogen-bond donors (Lipinski definition) is 2. The van der Waals surface area contributed by atoms with E-state index in [-0.39, 0.29) is 18.2 Å². The zero-order valence-corrected chi connectivity index (χ0v) is 14.1. The topological polar surface area (TPSA) is 88.9 Å². The van der Waals surface area contributed by atoms with Crippen molar-refractivity contribution in [3.8, 4) is 0 Å². The SMILES string of the molecule is O=C(CCn1cncn1)Nc1ccccc1C(=O)NCc1ccccc1. The molecule has 3 aromatic rings. The van der Waals surface area contributed by atoms with Crippen LogP contribution in [-0.2, 0) is 17.9 Å². The van der Waals surface area contributed by atoms with Crippen LogP contribution in [0.2, 0.25) is 0 Å². The van der Waals surface area contributed by atoms with Crippen molar-refractivity contribution in [1.82, 2.24) is 20.1 Å². The number of nitrogens with zero attached hydrogens (tertiary/aromatic N) is 3. The molecule has 0 aliphatic carbocycles. The van der Waals surface area contributed by atoms with Crippen LogP contribution in [0.1, 0.15) is 22.3 Å². The smallest absolute Gasteiger partial charge is 0.253 e. The summed E-state index contributed by atoms with van der Waals surface area (Å²) in [7, 11) is 0. The Morgan fingerprint density at radius 3 is 2.54 bits per heavy atom. The zero-order chi connectivity index (χ0) is 18.2. The van der Waals surface area contributed by atoms with Crippen LogP contribution in [0.25, 0.3) is 0 Å². The van der Waals surface area contributed by atoms with E-state index in [1.54, 1.807) is 35.3 Å². The average Bonchev–Trinajstić information content (AvgIpc) is 3.19. The van der Waals surface area contributed by atoms with Crippen molar-refractivity contribution in [1.29, 1.82) is 0 Å². The van der Waals surface area contributed by atoms with E-state index in [0.717, 1.165) is 5.56 Å². The highest BCUT2D eigenvalue weighted by Gasteiger charge is 2.13. The largest absolute Gasteiger partial charge is 0.348 e. The van der Waals surface area contributed by atoms with E-state index in [4.69, 9.17) is 0 Å². The molecule has 7 heteroatoms. The Hall–Kier alpha value is -3.48. The second-order valence-corrected chi connectivity index (χ2v) is 5.67. The van der Waals surface area contributed by atoms with Gasteiger partial charge < -0.3 is 10.6 Å². The van der Waals surface area contributed by atoms with Crippen LogP contribution in [0.15, 0.2) is 67.3 Å². The molecule has 0 fully saturated rings. The highest BCUT2D eigenvalue weighted by atomic mass is 16.2. The van der Waals surface area contributed by atoms with Gasteiger partial charge in [-0.3, -0.25) is 14.3 Å². The van der Waals surface area contributed by atoms with E-state index in [0.29, 0.717) is 24.3 Å². The molecule has 0 saturated carbocycles. The highest BCUT2D eigenvalue weighted by molar-refractivity contribution is 6.03. The van der Waals surface area contributed by atoms with Gasteiger partial charge in [0, 0.05) is 13.0 Å². The van der Waals surface area contributed by atoms with Gasteiger partial charge >= 0.3 is 0 Å². The molecule has 2 aromatic carbocycles. The van der Waals surface area contributed by atoms with Crippen molar-refractivity contribution in [3.05, 3.63) is 78.4 Å². The van der Waals surface area contributed by atoms with E-state index < -0.39 is 0 Å². The Morgan fingerprint density at radius 2 is 1.77 bits per heavy atom. The minimum absolute atomic E-state index is 0.191. The predicted molar refractivity (Wildman–Crippen MR) is 97.3 cm³/mol. The van der Waals surface area contributed by atoms with Gasteiger partial charge in [0.15, 0.2) is 0 Å². The van der Waals surface area contributed by atoms with Gasteiger partial charge in [-0.05, 0) is 17.7 Å². The summed E-state index contributed by atoms with van der Waals surface area (Å²) in [6.07, 6.45) is 3.21. The molecule has 0 aliphatic rings. The Bertz CT molecular complexity index is 863. The van der Waals surface area contributed by atoms with Crippen molar-refractivity contribution in [3.63, 3.8) is 0 Å². The number of aryl methyl sites for hydroxylation is 1. The molecule has 0 aliphatic heterocycles.